The van der Waals surface area contributed by atoms with Crippen LogP contribution < -0.4 is 11.1 Å². The zero-order valence-corrected chi connectivity index (χ0v) is 15.8. The number of carboxylic acids is 1. The SMILES string of the molecule is Cc1cc(C(=O)O)c2oc(C(C)NC(=O)/C(=C/N)c3ncccn3)c(Cl)c2c1. The van der Waals surface area contributed by atoms with E-state index in [-0.39, 0.29) is 33.3 Å². The molecule has 0 aliphatic heterocycles. The van der Waals surface area contributed by atoms with E-state index in [0.29, 0.717) is 5.39 Å². The van der Waals surface area contributed by atoms with Gasteiger partial charge in [-0.3, -0.25) is 4.79 Å². The Kier molecular flexibility index (Phi) is 5.32. The van der Waals surface area contributed by atoms with Crippen LogP contribution in [0.25, 0.3) is 16.5 Å². The van der Waals surface area contributed by atoms with Crippen molar-refractivity contribution in [2.24, 2.45) is 5.73 Å². The van der Waals surface area contributed by atoms with E-state index in [1.54, 1.807) is 26.0 Å². The van der Waals surface area contributed by atoms with Gasteiger partial charge in [-0.2, -0.15) is 0 Å². The van der Waals surface area contributed by atoms with E-state index in [2.05, 4.69) is 15.3 Å². The molecule has 4 N–H and O–H groups in total. The van der Waals surface area contributed by atoms with E-state index >= 15 is 0 Å². The van der Waals surface area contributed by atoms with Gasteiger partial charge in [-0.15, -0.1) is 0 Å². The van der Waals surface area contributed by atoms with Gasteiger partial charge in [0.25, 0.3) is 5.91 Å². The number of carboxylic acid groups (broad SMARTS) is 1. The molecular weight excluding hydrogens is 384 g/mol. The number of nitrogens with two attached hydrogens (primary N) is 1. The third-order valence-electron chi connectivity index (χ3n) is 4.09. The smallest absolute Gasteiger partial charge is 0.339 e. The average molecular weight is 401 g/mol. The number of aromatic carboxylic acids is 1. The fourth-order valence-corrected chi connectivity index (χ4v) is 3.14. The predicted octanol–water partition coefficient (Wildman–Crippen LogP) is 3.06. The molecule has 0 aliphatic carbocycles. The van der Waals surface area contributed by atoms with E-state index in [9.17, 15) is 14.7 Å². The first-order valence-corrected chi connectivity index (χ1v) is 8.67. The summed E-state index contributed by atoms with van der Waals surface area (Å²) in [6.45, 7) is 3.42. The highest BCUT2D eigenvalue weighted by Crippen LogP contribution is 2.36. The van der Waals surface area contributed by atoms with Crippen molar-refractivity contribution in [2.75, 3.05) is 0 Å². The molecule has 144 valence electrons. The van der Waals surface area contributed by atoms with Gasteiger partial charge in [0.2, 0.25) is 0 Å². The molecule has 1 atom stereocenters. The molecule has 0 bridgehead atoms. The Hall–Kier alpha value is -3.39. The molecule has 3 aromatic rings. The van der Waals surface area contributed by atoms with E-state index in [1.165, 1.54) is 18.5 Å². The minimum absolute atomic E-state index is 0.00176. The number of carbonyl (C=O) groups excluding carboxylic acids is 1. The number of carbonyl (C=O) groups is 2. The van der Waals surface area contributed by atoms with Crippen molar-refractivity contribution in [2.45, 2.75) is 19.9 Å². The summed E-state index contributed by atoms with van der Waals surface area (Å²) in [6, 6.07) is 4.19. The minimum atomic E-state index is -1.13. The molecule has 0 radical (unpaired) electrons. The number of amides is 1. The van der Waals surface area contributed by atoms with Gasteiger partial charge in [0, 0.05) is 24.0 Å². The Morgan fingerprint density at radius 2 is 2.00 bits per heavy atom. The van der Waals surface area contributed by atoms with E-state index in [1.807, 2.05) is 0 Å². The molecule has 28 heavy (non-hydrogen) atoms. The number of rotatable bonds is 5. The number of furan rings is 1. The molecule has 9 heteroatoms. The minimum Gasteiger partial charge on any atom is -0.478 e. The summed E-state index contributed by atoms with van der Waals surface area (Å²) in [5.41, 5.74) is 6.53. The lowest BCUT2D eigenvalue weighted by Crippen LogP contribution is -2.28. The van der Waals surface area contributed by atoms with Gasteiger partial charge in [-0.1, -0.05) is 11.6 Å². The van der Waals surface area contributed by atoms with E-state index < -0.39 is 17.9 Å². The normalized spacial score (nSPS) is 12.8. The topological polar surface area (TPSA) is 131 Å². The molecule has 0 fully saturated rings. The summed E-state index contributed by atoms with van der Waals surface area (Å²) in [4.78, 5) is 32.1. The Morgan fingerprint density at radius 1 is 1.32 bits per heavy atom. The Labute approximate surface area is 165 Å². The molecule has 8 nitrogen and oxygen atoms in total. The Bertz CT molecular complexity index is 1090. The first-order valence-electron chi connectivity index (χ1n) is 8.29. The maximum atomic E-state index is 12.6. The lowest BCUT2D eigenvalue weighted by molar-refractivity contribution is -0.116. The van der Waals surface area contributed by atoms with Crippen LogP contribution in [0.1, 0.15) is 40.5 Å². The zero-order chi connectivity index (χ0) is 20.4. The van der Waals surface area contributed by atoms with Crippen LogP contribution in [0.5, 0.6) is 0 Å². The molecule has 2 heterocycles. The van der Waals surface area contributed by atoms with Gasteiger partial charge in [0.05, 0.1) is 16.6 Å². The van der Waals surface area contributed by atoms with Crippen LogP contribution >= 0.6 is 11.6 Å². The maximum absolute atomic E-state index is 12.6. The number of hydrogen-bond donors (Lipinski definition) is 3. The largest absolute Gasteiger partial charge is 0.478 e. The second kappa shape index (κ2) is 7.69. The second-order valence-electron chi connectivity index (χ2n) is 6.12. The van der Waals surface area contributed by atoms with E-state index in [0.717, 1.165) is 11.8 Å². The molecule has 2 aromatic heterocycles. The standard InChI is InChI=1S/C19H17ClN4O4/c1-9-6-11-14(20)15(28-16(11)12(7-9)19(26)27)10(2)24-18(25)13(8-21)17-22-4-3-5-23-17/h3-8,10H,21H2,1-2H3,(H,24,25)(H,26,27)/b13-8+. The van der Waals surface area contributed by atoms with Crippen molar-refractivity contribution >= 4 is 40.0 Å². The number of benzene rings is 1. The molecule has 1 unspecified atom stereocenters. The fourth-order valence-electron chi connectivity index (χ4n) is 2.80. The molecular formula is C19H17ClN4O4. The Morgan fingerprint density at radius 3 is 2.61 bits per heavy atom. The number of hydrogen-bond acceptors (Lipinski definition) is 6. The molecule has 0 aliphatic rings. The van der Waals surface area contributed by atoms with Crippen LogP contribution in [0.2, 0.25) is 5.02 Å². The number of halogens is 1. The summed E-state index contributed by atoms with van der Waals surface area (Å²) in [6.07, 6.45) is 4.10. The van der Waals surface area contributed by atoms with Crippen molar-refractivity contribution in [1.82, 2.24) is 15.3 Å². The van der Waals surface area contributed by atoms with Crippen LogP contribution in [0.3, 0.4) is 0 Å². The number of nitrogens with zero attached hydrogens (tertiary/aromatic N) is 2. The number of fused-ring (bicyclic) bond motifs is 1. The lowest BCUT2D eigenvalue weighted by atomic mass is 10.1. The summed E-state index contributed by atoms with van der Waals surface area (Å²) < 4.78 is 5.72. The maximum Gasteiger partial charge on any atom is 0.339 e. The number of nitrogens with one attached hydrogen (secondary N) is 1. The molecule has 1 aromatic carbocycles. The van der Waals surface area contributed by atoms with Crippen molar-refractivity contribution in [3.63, 3.8) is 0 Å². The second-order valence-corrected chi connectivity index (χ2v) is 6.50. The summed E-state index contributed by atoms with van der Waals surface area (Å²) in [5, 5.41) is 12.8. The van der Waals surface area contributed by atoms with Crippen molar-refractivity contribution in [1.29, 1.82) is 0 Å². The van der Waals surface area contributed by atoms with Crippen molar-refractivity contribution in [3.05, 3.63) is 64.5 Å². The first-order chi connectivity index (χ1) is 13.3. The average Bonchev–Trinajstić information content (AvgIpc) is 2.99. The quantitative estimate of drug-likeness (QED) is 0.560. The van der Waals surface area contributed by atoms with Crippen LogP contribution in [-0.2, 0) is 4.79 Å². The summed E-state index contributed by atoms with van der Waals surface area (Å²) in [7, 11) is 0. The Balaban J connectivity index is 1.94. The highest BCUT2D eigenvalue weighted by Gasteiger charge is 2.25. The lowest BCUT2D eigenvalue weighted by Gasteiger charge is -2.13. The highest BCUT2D eigenvalue weighted by molar-refractivity contribution is 6.36. The molecule has 0 saturated heterocycles. The monoisotopic (exact) mass is 400 g/mol. The molecule has 1 amide bonds. The van der Waals surface area contributed by atoms with Crippen LogP contribution in [0, 0.1) is 6.92 Å². The van der Waals surface area contributed by atoms with Crippen LogP contribution in [0.4, 0.5) is 0 Å². The van der Waals surface area contributed by atoms with Crippen LogP contribution in [-0.4, -0.2) is 27.0 Å². The van der Waals surface area contributed by atoms with E-state index in [4.69, 9.17) is 21.8 Å². The predicted molar refractivity (Wildman–Crippen MR) is 104 cm³/mol. The fraction of sp³-hybridized carbons (Fsp3) is 0.158. The molecule has 0 saturated carbocycles. The summed E-state index contributed by atoms with van der Waals surface area (Å²) in [5.74, 6) is -1.23. The number of aryl methyl sites for hydroxylation is 1. The molecule has 0 spiro atoms. The zero-order valence-electron chi connectivity index (χ0n) is 15.1. The summed E-state index contributed by atoms with van der Waals surface area (Å²) >= 11 is 6.41. The van der Waals surface area contributed by atoms with Crippen molar-refractivity contribution in [3.8, 4) is 0 Å². The first kappa shape index (κ1) is 19.4. The third-order valence-corrected chi connectivity index (χ3v) is 4.48. The van der Waals surface area contributed by atoms with Gasteiger partial charge in [0.15, 0.2) is 11.4 Å². The van der Waals surface area contributed by atoms with Gasteiger partial charge >= 0.3 is 5.97 Å². The van der Waals surface area contributed by atoms with Crippen LogP contribution in [0.15, 0.2) is 41.2 Å². The van der Waals surface area contributed by atoms with Gasteiger partial charge in [-0.25, -0.2) is 14.8 Å². The van der Waals surface area contributed by atoms with Gasteiger partial charge in [0.1, 0.15) is 11.3 Å². The van der Waals surface area contributed by atoms with Gasteiger partial charge in [-0.05, 0) is 37.6 Å². The van der Waals surface area contributed by atoms with Gasteiger partial charge < -0.3 is 20.6 Å². The number of aromatic nitrogens is 2. The van der Waals surface area contributed by atoms with Crippen molar-refractivity contribution < 1.29 is 19.1 Å². The highest BCUT2D eigenvalue weighted by atomic mass is 35.5. The third kappa shape index (κ3) is 3.54. The molecule has 3 rings (SSSR count).